The number of anilines is 2. The van der Waals surface area contributed by atoms with Gasteiger partial charge < -0.3 is 11.5 Å². The predicted octanol–water partition coefficient (Wildman–Crippen LogP) is 4.17. The maximum Gasteiger partial charge on any atom is 0.0406 e. The zero-order valence-corrected chi connectivity index (χ0v) is 11.9. The lowest BCUT2D eigenvalue weighted by Gasteiger charge is -2.14. The Hall–Kier alpha value is -2.26. The van der Waals surface area contributed by atoms with Gasteiger partial charge in [0.05, 0.1) is 0 Å². The molecule has 1 heterocycles. The first-order chi connectivity index (χ1) is 9.75. The Bertz CT molecular complexity index is 703. The summed E-state index contributed by atoms with van der Waals surface area (Å²) in [5.41, 5.74) is 17.4. The standard InChI is InChI=1S/C17H16N2S/c18-14-8-9-15(19)17(16-7-4-10-20-16)13(14)11-12-5-2-1-3-6-12/h1-10H,11,18-19H2. The fraction of sp³-hybridized carbons (Fsp3) is 0.0588. The van der Waals surface area contributed by atoms with Crippen molar-refractivity contribution in [3.05, 3.63) is 71.1 Å². The molecular formula is C17H16N2S. The molecule has 3 aromatic rings. The van der Waals surface area contributed by atoms with Crippen LogP contribution in [0.1, 0.15) is 11.1 Å². The van der Waals surface area contributed by atoms with Gasteiger partial charge in [-0.3, -0.25) is 0 Å². The van der Waals surface area contributed by atoms with Crippen molar-refractivity contribution in [3.8, 4) is 10.4 Å². The van der Waals surface area contributed by atoms with E-state index in [1.165, 1.54) is 10.4 Å². The van der Waals surface area contributed by atoms with Crippen molar-refractivity contribution < 1.29 is 0 Å². The van der Waals surface area contributed by atoms with Crippen LogP contribution in [0.5, 0.6) is 0 Å². The minimum absolute atomic E-state index is 0.785. The molecule has 0 aliphatic carbocycles. The van der Waals surface area contributed by atoms with E-state index in [4.69, 9.17) is 11.5 Å². The van der Waals surface area contributed by atoms with Crippen LogP contribution in [0.15, 0.2) is 60.0 Å². The maximum atomic E-state index is 6.19. The molecule has 0 unspecified atom stereocenters. The molecule has 0 atom stereocenters. The van der Waals surface area contributed by atoms with Crippen LogP contribution >= 0.6 is 11.3 Å². The van der Waals surface area contributed by atoms with Crippen LogP contribution in [0, 0.1) is 0 Å². The molecular weight excluding hydrogens is 264 g/mol. The minimum Gasteiger partial charge on any atom is -0.398 e. The lowest BCUT2D eigenvalue weighted by atomic mass is 9.96. The first-order valence-electron chi connectivity index (χ1n) is 6.50. The molecule has 2 aromatic carbocycles. The number of benzene rings is 2. The number of hydrogen-bond donors (Lipinski definition) is 2. The van der Waals surface area contributed by atoms with E-state index >= 15 is 0 Å². The summed E-state index contributed by atoms with van der Waals surface area (Å²) in [7, 11) is 0. The highest BCUT2D eigenvalue weighted by Crippen LogP contribution is 2.37. The van der Waals surface area contributed by atoms with E-state index in [1.54, 1.807) is 11.3 Å². The Labute approximate surface area is 122 Å². The third-order valence-corrected chi connectivity index (χ3v) is 4.26. The SMILES string of the molecule is Nc1ccc(N)c(-c2cccs2)c1Cc1ccccc1. The van der Waals surface area contributed by atoms with Crippen LogP contribution in [-0.2, 0) is 6.42 Å². The van der Waals surface area contributed by atoms with E-state index in [0.29, 0.717) is 0 Å². The van der Waals surface area contributed by atoms with Crippen molar-refractivity contribution in [2.45, 2.75) is 6.42 Å². The van der Waals surface area contributed by atoms with Gasteiger partial charge >= 0.3 is 0 Å². The Balaban J connectivity index is 2.12. The summed E-state index contributed by atoms with van der Waals surface area (Å²) in [6, 6.07) is 18.2. The van der Waals surface area contributed by atoms with Crippen molar-refractivity contribution in [2.75, 3.05) is 11.5 Å². The zero-order chi connectivity index (χ0) is 13.9. The molecule has 0 saturated heterocycles. The fourth-order valence-electron chi connectivity index (χ4n) is 2.38. The quantitative estimate of drug-likeness (QED) is 0.707. The summed E-state index contributed by atoms with van der Waals surface area (Å²) in [5.74, 6) is 0. The summed E-state index contributed by atoms with van der Waals surface area (Å²) < 4.78 is 0. The molecule has 100 valence electrons. The van der Waals surface area contributed by atoms with Crippen LogP contribution in [0.25, 0.3) is 10.4 Å². The molecule has 0 amide bonds. The molecule has 0 spiro atoms. The average Bonchev–Trinajstić information content (AvgIpc) is 2.98. The minimum atomic E-state index is 0.785. The first kappa shape index (κ1) is 12.8. The number of nitrogen functional groups attached to an aromatic ring is 2. The number of rotatable bonds is 3. The maximum absolute atomic E-state index is 6.19. The Kier molecular flexibility index (Phi) is 3.44. The molecule has 3 rings (SSSR count). The van der Waals surface area contributed by atoms with Crippen molar-refractivity contribution in [3.63, 3.8) is 0 Å². The van der Waals surface area contributed by atoms with Gasteiger partial charge in [0.2, 0.25) is 0 Å². The molecule has 3 heteroatoms. The number of hydrogen-bond acceptors (Lipinski definition) is 3. The summed E-state index contributed by atoms with van der Waals surface area (Å²) in [6.07, 6.45) is 0.797. The van der Waals surface area contributed by atoms with Crippen molar-refractivity contribution in [1.82, 2.24) is 0 Å². The average molecular weight is 280 g/mol. The van der Waals surface area contributed by atoms with Gasteiger partial charge in [-0.05, 0) is 34.7 Å². The molecule has 4 N–H and O–H groups in total. The highest BCUT2D eigenvalue weighted by atomic mass is 32.1. The van der Waals surface area contributed by atoms with E-state index < -0.39 is 0 Å². The van der Waals surface area contributed by atoms with Crippen LogP contribution in [-0.4, -0.2) is 0 Å². The Morgan fingerprint density at radius 2 is 1.55 bits per heavy atom. The molecule has 0 fully saturated rings. The molecule has 2 nitrogen and oxygen atoms in total. The fourth-order valence-corrected chi connectivity index (χ4v) is 3.20. The number of nitrogens with two attached hydrogens (primary N) is 2. The normalized spacial score (nSPS) is 10.6. The van der Waals surface area contributed by atoms with Crippen molar-refractivity contribution in [1.29, 1.82) is 0 Å². The molecule has 0 saturated carbocycles. The van der Waals surface area contributed by atoms with E-state index in [1.807, 2.05) is 36.4 Å². The second-order valence-corrected chi connectivity index (χ2v) is 5.68. The van der Waals surface area contributed by atoms with Crippen molar-refractivity contribution in [2.24, 2.45) is 0 Å². The van der Waals surface area contributed by atoms with Gasteiger partial charge in [-0.2, -0.15) is 0 Å². The Morgan fingerprint density at radius 3 is 2.25 bits per heavy atom. The summed E-state index contributed by atoms with van der Waals surface area (Å²) in [5, 5.41) is 2.06. The van der Waals surface area contributed by atoms with E-state index in [9.17, 15) is 0 Å². The van der Waals surface area contributed by atoms with Gasteiger partial charge in [-0.1, -0.05) is 36.4 Å². The van der Waals surface area contributed by atoms with E-state index in [0.717, 1.165) is 28.9 Å². The summed E-state index contributed by atoms with van der Waals surface area (Å²) >= 11 is 1.69. The van der Waals surface area contributed by atoms with Gasteiger partial charge in [0.25, 0.3) is 0 Å². The van der Waals surface area contributed by atoms with Crippen molar-refractivity contribution >= 4 is 22.7 Å². The van der Waals surface area contributed by atoms with Gasteiger partial charge in [0, 0.05) is 28.2 Å². The molecule has 0 bridgehead atoms. The highest BCUT2D eigenvalue weighted by Gasteiger charge is 2.13. The number of thiophene rings is 1. The first-order valence-corrected chi connectivity index (χ1v) is 7.38. The topological polar surface area (TPSA) is 52.0 Å². The molecule has 20 heavy (non-hydrogen) atoms. The van der Waals surface area contributed by atoms with Gasteiger partial charge in [-0.25, -0.2) is 0 Å². The predicted molar refractivity (Wildman–Crippen MR) is 87.8 cm³/mol. The van der Waals surface area contributed by atoms with Gasteiger partial charge in [0.1, 0.15) is 0 Å². The largest absolute Gasteiger partial charge is 0.398 e. The zero-order valence-electron chi connectivity index (χ0n) is 11.0. The van der Waals surface area contributed by atoms with Crippen LogP contribution in [0.4, 0.5) is 11.4 Å². The van der Waals surface area contributed by atoms with Gasteiger partial charge in [-0.15, -0.1) is 11.3 Å². The second-order valence-electron chi connectivity index (χ2n) is 4.74. The van der Waals surface area contributed by atoms with Crippen LogP contribution in [0.2, 0.25) is 0 Å². The summed E-state index contributed by atoms with van der Waals surface area (Å²) in [6.45, 7) is 0. The summed E-state index contributed by atoms with van der Waals surface area (Å²) in [4.78, 5) is 1.17. The molecule has 0 aliphatic heterocycles. The lowest BCUT2D eigenvalue weighted by molar-refractivity contribution is 1.20. The molecule has 0 radical (unpaired) electrons. The van der Waals surface area contributed by atoms with Crippen LogP contribution < -0.4 is 11.5 Å². The van der Waals surface area contributed by atoms with Gasteiger partial charge in [0.15, 0.2) is 0 Å². The van der Waals surface area contributed by atoms with Crippen LogP contribution in [0.3, 0.4) is 0 Å². The van der Waals surface area contributed by atoms with E-state index in [2.05, 4.69) is 23.6 Å². The second kappa shape index (κ2) is 5.39. The third-order valence-electron chi connectivity index (χ3n) is 3.37. The van der Waals surface area contributed by atoms with E-state index in [-0.39, 0.29) is 0 Å². The third kappa shape index (κ3) is 2.40. The highest BCUT2D eigenvalue weighted by molar-refractivity contribution is 7.13. The Morgan fingerprint density at radius 1 is 0.800 bits per heavy atom. The molecule has 0 aliphatic rings. The monoisotopic (exact) mass is 280 g/mol. The molecule has 1 aromatic heterocycles. The smallest absolute Gasteiger partial charge is 0.0406 e. The lowest BCUT2D eigenvalue weighted by Crippen LogP contribution is -2.01.